The zero-order valence-electron chi connectivity index (χ0n) is 14.2. The van der Waals surface area contributed by atoms with Crippen molar-refractivity contribution in [2.75, 3.05) is 20.8 Å². The topological polar surface area (TPSA) is 77.0 Å². The van der Waals surface area contributed by atoms with E-state index >= 15 is 0 Å². The molecule has 0 aromatic heterocycles. The van der Waals surface area contributed by atoms with Crippen molar-refractivity contribution in [3.63, 3.8) is 0 Å². The third-order valence-electron chi connectivity index (χ3n) is 3.48. The smallest absolute Gasteiger partial charge is 0.259 e. The van der Waals surface area contributed by atoms with Gasteiger partial charge in [0.05, 0.1) is 14.2 Å². The molecule has 0 saturated heterocycles. The monoisotopic (exact) mass is 343 g/mol. The highest BCUT2D eigenvalue weighted by molar-refractivity contribution is 5.99. The van der Waals surface area contributed by atoms with Crippen LogP contribution in [0.25, 0.3) is 0 Å². The van der Waals surface area contributed by atoms with Crippen LogP contribution >= 0.6 is 0 Å². The Morgan fingerprint density at radius 2 is 1.88 bits per heavy atom. The minimum absolute atomic E-state index is 0.0574. The molecule has 0 aliphatic rings. The van der Waals surface area contributed by atoms with Crippen molar-refractivity contribution in [2.45, 2.75) is 6.54 Å². The second-order valence-corrected chi connectivity index (χ2v) is 5.15. The second kappa shape index (κ2) is 8.63. The maximum absolute atomic E-state index is 12.4. The molecule has 0 spiro atoms. The Morgan fingerprint density at radius 1 is 1.16 bits per heavy atom. The second-order valence-electron chi connectivity index (χ2n) is 5.15. The molecular formula is C19H21NO5. The van der Waals surface area contributed by atoms with E-state index in [9.17, 15) is 9.90 Å². The van der Waals surface area contributed by atoms with Crippen LogP contribution in [-0.4, -0.2) is 31.8 Å². The highest BCUT2D eigenvalue weighted by Gasteiger charge is 2.19. The van der Waals surface area contributed by atoms with E-state index in [2.05, 4.69) is 11.9 Å². The Kier molecular flexibility index (Phi) is 6.28. The van der Waals surface area contributed by atoms with Gasteiger partial charge in [0, 0.05) is 18.7 Å². The minimum atomic E-state index is -0.444. The van der Waals surface area contributed by atoms with Crippen LogP contribution in [0.15, 0.2) is 49.1 Å². The van der Waals surface area contributed by atoms with Crippen molar-refractivity contribution in [3.8, 4) is 23.0 Å². The first kappa shape index (κ1) is 18.2. The lowest BCUT2D eigenvalue weighted by Gasteiger charge is -2.13. The van der Waals surface area contributed by atoms with E-state index in [-0.39, 0.29) is 23.7 Å². The number of aromatic hydroxyl groups is 1. The molecule has 2 aromatic carbocycles. The number of hydrogen-bond donors (Lipinski definition) is 2. The minimum Gasteiger partial charge on any atom is -0.507 e. The normalized spacial score (nSPS) is 10.0. The van der Waals surface area contributed by atoms with Crippen molar-refractivity contribution in [2.24, 2.45) is 0 Å². The Balaban J connectivity index is 2.12. The van der Waals surface area contributed by atoms with E-state index in [1.165, 1.54) is 13.2 Å². The fourth-order valence-corrected chi connectivity index (χ4v) is 2.22. The fraction of sp³-hybridized carbons (Fsp3) is 0.211. The molecule has 0 radical (unpaired) electrons. The number of carbonyl (C=O) groups excluding carboxylic acids is 1. The summed E-state index contributed by atoms with van der Waals surface area (Å²) in [6.07, 6.45) is 1.58. The van der Waals surface area contributed by atoms with E-state index in [0.29, 0.717) is 12.3 Å². The summed E-state index contributed by atoms with van der Waals surface area (Å²) in [6.45, 7) is 4.15. The number of benzene rings is 2. The van der Waals surface area contributed by atoms with Crippen molar-refractivity contribution >= 4 is 5.91 Å². The molecule has 2 rings (SSSR count). The molecule has 6 nitrogen and oxygen atoms in total. The van der Waals surface area contributed by atoms with Gasteiger partial charge in [0.1, 0.15) is 35.2 Å². The summed E-state index contributed by atoms with van der Waals surface area (Å²) >= 11 is 0. The van der Waals surface area contributed by atoms with E-state index in [4.69, 9.17) is 14.2 Å². The molecule has 0 fully saturated rings. The van der Waals surface area contributed by atoms with Crippen LogP contribution in [0.5, 0.6) is 23.0 Å². The molecule has 1 amide bonds. The molecular weight excluding hydrogens is 322 g/mol. The molecule has 2 N–H and O–H groups in total. The summed E-state index contributed by atoms with van der Waals surface area (Å²) in [5.41, 5.74) is 0.959. The molecule has 0 aliphatic carbocycles. The molecule has 0 unspecified atom stereocenters. The van der Waals surface area contributed by atoms with Gasteiger partial charge in [-0.1, -0.05) is 24.8 Å². The average Bonchev–Trinajstić information content (AvgIpc) is 2.64. The van der Waals surface area contributed by atoms with Crippen LogP contribution in [0, 0.1) is 0 Å². The number of methoxy groups -OCH3 is 2. The molecule has 25 heavy (non-hydrogen) atoms. The summed E-state index contributed by atoms with van der Waals surface area (Å²) < 4.78 is 15.7. The number of hydrogen-bond acceptors (Lipinski definition) is 5. The van der Waals surface area contributed by atoms with Gasteiger partial charge < -0.3 is 24.6 Å². The van der Waals surface area contributed by atoms with Crippen LogP contribution in [0.4, 0.5) is 0 Å². The molecule has 132 valence electrons. The first-order chi connectivity index (χ1) is 12.1. The molecule has 0 bridgehead atoms. The number of ether oxygens (including phenoxy) is 3. The predicted molar refractivity (Wildman–Crippen MR) is 94.5 cm³/mol. The van der Waals surface area contributed by atoms with Crippen molar-refractivity contribution in [1.29, 1.82) is 0 Å². The maximum Gasteiger partial charge on any atom is 0.259 e. The Hall–Kier alpha value is -3.15. The molecule has 0 saturated carbocycles. The lowest BCUT2D eigenvalue weighted by Crippen LogP contribution is -2.23. The maximum atomic E-state index is 12.4. The summed E-state index contributed by atoms with van der Waals surface area (Å²) in [5.74, 6) is 0.697. The summed E-state index contributed by atoms with van der Waals surface area (Å²) in [7, 11) is 3.01. The van der Waals surface area contributed by atoms with Crippen LogP contribution < -0.4 is 19.5 Å². The van der Waals surface area contributed by atoms with Gasteiger partial charge in [-0.05, 0) is 17.7 Å². The largest absolute Gasteiger partial charge is 0.507 e. The van der Waals surface area contributed by atoms with Crippen molar-refractivity contribution < 1.29 is 24.1 Å². The van der Waals surface area contributed by atoms with Crippen LogP contribution in [0.3, 0.4) is 0 Å². The summed E-state index contributed by atoms with van der Waals surface area (Å²) in [6, 6.07) is 10.2. The highest BCUT2D eigenvalue weighted by Crippen LogP contribution is 2.33. The van der Waals surface area contributed by atoms with Crippen molar-refractivity contribution in [3.05, 3.63) is 60.2 Å². The van der Waals surface area contributed by atoms with Gasteiger partial charge in [0.2, 0.25) is 0 Å². The Bertz CT molecular complexity index is 740. The summed E-state index contributed by atoms with van der Waals surface area (Å²) in [5, 5.41) is 12.9. The third kappa shape index (κ3) is 4.67. The van der Waals surface area contributed by atoms with E-state index < -0.39 is 5.91 Å². The van der Waals surface area contributed by atoms with Gasteiger partial charge in [-0.25, -0.2) is 0 Å². The SMILES string of the molecule is C=CCOc1cc(O)c(C(=O)NCc2ccc(OC)cc2)c(OC)c1. The number of rotatable bonds is 8. The van der Waals surface area contributed by atoms with Crippen LogP contribution in [0.1, 0.15) is 15.9 Å². The van der Waals surface area contributed by atoms with Gasteiger partial charge in [0.15, 0.2) is 0 Å². The first-order valence-electron chi connectivity index (χ1n) is 7.64. The number of amides is 1. The van der Waals surface area contributed by atoms with Crippen LogP contribution in [-0.2, 0) is 6.54 Å². The highest BCUT2D eigenvalue weighted by atomic mass is 16.5. The third-order valence-corrected chi connectivity index (χ3v) is 3.48. The lowest BCUT2D eigenvalue weighted by molar-refractivity contribution is 0.0945. The molecule has 6 heteroatoms. The van der Waals surface area contributed by atoms with E-state index in [1.807, 2.05) is 24.3 Å². The fourth-order valence-electron chi connectivity index (χ4n) is 2.22. The lowest BCUT2D eigenvalue weighted by atomic mass is 10.1. The number of phenols is 1. The quantitative estimate of drug-likeness (QED) is 0.721. The first-order valence-corrected chi connectivity index (χ1v) is 7.64. The van der Waals surface area contributed by atoms with Gasteiger partial charge >= 0.3 is 0 Å². The van der Waals surface area contributed by atoms with Crippen molar-refractivity contribution in [1.82, 2.24) is 5.32 Å². The molecule has 0 aliphatic heterocycles. The van der Waals surface area contributed by atoms with Gasteiger partial charge in [-0.3, -0.25) is 4.79 Å². The molecule has 0 heterocycles. The molecule has 2 aromatic rings. The Morgan fingerprint density at radius 3 is 2.48 bits per heavy atom. The number of nitrogens with one attached hydrogen (secondary N) is 1. The number of phenolic OH excluding ortho intramolecular Hbond substituents is 1. The number of carbonyl (C=O) groups is 1. The van der Waals surface area contributed by atoms with E-state index in [1.54, 1.807) is 19.3 Å². The van der Waals surface area contributed by atoms with Gasteiger partial charge in [-0.2, -0.15) is 0 Å². The zero-order chi connectivity index (χ0) is 18.2. The predicted octanol–water partition coefficient (Wildman–Crippen LogP) is 2.90. The standard InChI is InChI=1S/C19H21NO5/c1-4-9-25-15-10-16(21)18(17(11-15)24-3)19(22)20-12-13-5-7-14(23-2)8-6-13/h4-8,10-11,21H,1,9,12H2,2-3H3,(H,20,22). The Labute approximate surface area is 146 Å². The van der Waals surface area contributed by atoms with Gasteiger partial charge in [-0.15, -0.1) is 0 Å². The average molecular weight is 343 g/mol. The summed E-state index contributed by atoms with van der Waals surface area (Å²) in [4.78, 5) is 12.4. The molecule has 0 atom stereocenters. The van der Waals surface area contributed by atoms with Crippen LogP contribution in [0.2, 0.25) is 0 Å². The van der Waals surface area contributed by atoms with Gasteiger partial charge in [0.25, 0.3) is 5.91 Å². The zero-order valence-corrected chi connectivity index (χ0v) is 14.2. The van der Waals surface area contributed by atoms with E-state index in [0.717, 1.165) is 11.3 Å².